The van der Waals surface area contributed by atoms with Gasteiger partial charge in [-0.2, -0.15) is 0 Å². The normalized spacial score (nSPS) is 14.9. The van der Waals surface area contributed by atoms with Crippen LogP contribution in [0.1, 0.15) is 32.8 Å². The van der Waals surface area contributed by atoms with Crippen LogP contribution in [0.2, 0.25) is 0 Å². The lowest BCUT2D eigenvalue weighted by molar-refractivity contribution is -0.120. The van der Waals surface area contributed by atoms with Crippen LogP contribution >= 0.6 is 0 Å². The van der Waals surface area contributed by atoms with Gasteiger partial charge in [0.1, 0.15) is 5.78 Å². The third kappa shape index (κ3) is 4.14. The van der Waals surface area contributed by atoms with E-state index in [9.17, 15) is 13.2 Å². The average molecular weight is 283 g/mol. The highest BCUT2D eigenvalue weighted by molar-refractivity contribution is 7.89. The molecule has 5 heteroatoms. The molecule has 0 saturated carbocycles. The Morgan fingerprint density at radius 3 is 2.21 bits per heavy atom. The molecule has 0 saturated heterocycles. The molecule has 0 spiro atoms. The molecular weight excluding hydrogens is 262 g/mol. The predicted molar refractivity (Wildman–Crippen MR) is 75.4 cm³/mol. The minimum absolute atomic E-state index is 0.0153. The number of nitrogens with one attached hydrogen (secondary N) is 1. The molecule has 0 aliphatic rings. The fourth-order valence-corrected chi connectivity index (χ4v) is 3.21. The summed E-state index contributed by atoms with van der Waals surface area (Å²) in [6, 6.07) is 6.28. The topological polar surface area (TPSA) is 63.2 Å². The number of benzene rings is 1. The van der Waals surface area contributed by atoms with E-state index in [0.29, 0.717) is 6.42 Å². The zero-order valence-corrected chi connectivity index (χ0v) is 12.6. The van der Waals surface area contributed by atoms with Crippen molar-refractivity contribution < 1.29 is 13.2 Å². The van der Waals surface area contributed by atoms with Crippen LogP contribution in [0.5, 0.6) is 0 Å². The van der Waals surface area contributed by atoms with Gasteiger partial charge in [-0.1, -0.05) is 31.5 Å². The molecule has 1 rings (SSSR count). The zero-order valence-electron chi connectivity index (χ0n) is 11.8. The SMILES string of the molecule is CCC(NS(=O)(=O)c1ccc(C)cc1)C(C)C(C)=O. The van der Waals surface area contributed by atoms with Gasteiger partial charge in [-0.05, 0) is 32.4 Å². The first kappa shape index (κ1) is 15.9. The van der Waals surface area contributed by atoms with E-state index < -0.39 is 10.0 Å². The Morgan fingerprint density at radius 2 is 1.79 bits per heavy atom. The van der Waals surface area contributed by atoms with Gasteiger partial charge in [0.05, 0.1) is 4.90 Å². The van der Waals surface area contributed by atoms with E-state index in [1.54, 1.807) is 31.2 Å². The van der Waals surface area contributed by atoms with Gasteiger partial charge in [0.15, 0.2) is 0 Å². The Hall–Kier alpha value is -1.20. The first-order valence-corrected chi connectivity index (χ1v) is 7.85. The second-order valence-electron chi connectivity index (χ2n) is 4.85. The maximum Gasteiger partial charge on any atom is 0.240 e. The summed E-state index contributed by atoms with van der Waals surface area (Å²) in [5.74, 6) is -0.344. The summed E-state index contributed by atoms with van der Waals surface area (Å²) in [6.45, 7) is 6.99. The third-order valence-electron chi connectivity index (χ3n) is 3.32. The monoisotopic (exact) mass is 283 g/mol. The number of carbonyl (C=O) groups is 1. The van der Waals surface area contributed by atoms with Gasteiger partial charge < -0.3 is 0 Å². The first-order valence-electron chi connectivity index (χ1n) is 6.37. The molecule has 0 heterocycles. The lowest BCUT2D eigenvalue weighted by Crippen LogP contribution is -2.41. The number of sulfonamides is 1. The molecule has 0 amide bonds. The van der Waals surface area contributed by atoms with Gasteiger partial charge in [-0.3, -0.25) is 4.79 Å². The van der Waals surface area contributed by atoms with Crippen LogP contribution in [0.3, 0.4) is 0 Å². The molecule has 0 aliphatic carbocycles. The number of hydrogen-bond acceptors (Lipinski definition) is 3. The van der Waals surface area contributed by atoms with Gasteiger partial charge in [-0.25, -0.2) is 13.1 Å². The van der Waals surface area contributed by atoms with Crippen molar-refractivity contribution in [1.82, 2.24) is 4.72 Å². The summed E-state index contributed by atoms with van der Waals surface area (Å²) in [6.07, 6.45) is 0.575. The lowest BCUT2D eigenvalue weighted by atomic mass is 9.97. The molecule has 0 aromatic heterocycles. The molecule has 0 bridgehead atoms. The van der Waals surface area contributed by atoms with E-state index >= 15 is 0 Å². The van der Waals surface area contributed by atoms with Crippen LogP contribution in [0.4, 0.5) is 0 Å². The summed E-state index contributed by atoms with van der Waals surface area (Å²) in [7, 11) is -3.57. The van der Waals surface area contributed by atoms with E-state index in [-0.39, 0.29) is 22.6 Å². The average Bonchev–Trinajstić information content (AvgIpc) is 2.35. The molecule has 0 fully saturated rings. The molecule has 1 N–H and O–H groups in total. The summed E-state index contributed by atoms with van der Waals surface area (Å²) >= 11 is 0. The molecule has 1 aromatic rings. The maximum absolute atomic E-state index is 12.2. The summed E-state index contributed by atoms with van der Waals surface area (Å²) in [5.41, 5.74) is 1.00. The van der Waals surface area contributed by atoms with Crippen LogP contribution in [0.15, 0.2) is 29.2 Å². The van der Waals surface area contributed by atoms with Crippen molar-refractivity contribution in [2.24, 2.45) is 5.92 Å². The van der Waals surface area contributed by atoms with Gasteiger partial charge in [0.2, 0.25) is 10.0 Å². The van der Waals surface area contributed by atoms with Crippen LogP contribution < -0.4 is 4.72 Å². The Balaban J connectivity index is 2.95. The van der Waals surface area contributed by atoms with Crippen molar-refractivity contribution >= 4 is 15.8 Å². The Labute approximate surface area is 115 Å². The van der Waals surface area contributed by atoms with Crippen molar-refractivity contribution in [2.45, 2.75) is 45.1 Å². The molecule has 1 aromatic carbocycles. The molecule has 106 valence electrons. The second-order valence-corrected chi connectivity index (χ2v) is 6.56. The van der Waals surface area contributed by atoms with Crippen molar-refractivity contribution in [3.8, 4) is 0 Å². The molecule has 0 radical (unpaired) electrons. The Kier molecular flexibility index (Phi) is 5.26. The van der Waals surface area contributed by atoms with Crippen LogP contribution in [-0.4, -0.2) is 20.2 Å². The van der Waals surface area contributed by atoms with Gasteiger partial charge in [0.25, 0.3) is 0 Å². The van der Waals surface area contributed by atoms with Crippen LogP contribution in [0, 0.1) is 12.8 Å². The number of Topliss-reactive ketones (excluding diaryl/α,β-unsaturated/α-hetero) is 1. The van der Waals surface area contributed by atoms with E-state index in [4.69, 9.17) is 0 Å². The molecule has 2 atom stereocenters. The van der Waals surface area contributed by atoms with E-state index in [2.05, 4.69) is 4.72 Å². The summed E-state index contributed by atoms with van der Waals surface area (Å²) in [4.78, 5) is 11.6. The van der Waals surface area contributed by atoms with Gasteiger partial charge in [0, 0.05) is 12.0 Å². The number of ketones is 1. The van der Waals surface area contributed by atoms with Crippen LogP contribution in [-0.2, 0) is 14.8 Å². The highest BCUT2D eigenvalue weighted by atomic mass is 32.2. The minimum Gasteiger partial charge on any atom is -0.300 e. The molecule has 4 nitrogen and oxygen atoms in total. The maximum atomic E-state index is 12.2. The molecule has 0 aliphatic heterocycles. The highest BCUT2D eigenvalue weighted by Gasteiger charge is 2.25. The van der Waals surface area contributed by atoms with E-state index in [1.807, 2.05) is 13.8 Å². The second kappa shape index (κ2) is 6.30. The van der Waals surface area contributed by atoms with Gasteiger partial charge >= 0.3 is 0 Å². The van der Waals surface area contributed by atoms with Crippen molar-refractivity contribution in [1.29, 1.82) is 0 Å². The minimum atomic E-state index is -3.57. The first-order chi connectivity index (χ1) is 8.77. The highest BCUT2D eigenvalue weighted by Crippen LogP contribution is 2.15. The van der Waals surface area contributed by atoms with Gasteiger partial charge in [-0.15, -0.1) is 0 Å². The molecule has 2 unspecified atom stereocenters. The van der Waals surface area contributed by atoms with Crippen molar-refractivity contribution in [2.75, 3.05) is 0 Å². The Morgan fingerprint density at radius 1 is 1.26 bits per heavy atom. The fraction of sp³-hybridized carbons (Fsp3) is 0.500. The Bertz CT molecular complexity index is 534. The van der Waals surface area contributed by atoms with Crippen LogP contribution in [0.25, 0.3) is 0 Å². The van der Waals surface area contributed by atoms with E-state index in [1.165, 1.54) is 6.92 Å². The fourth-order valence-electron chi connectivity index (χ4n) is 1.81. The summed E-state index contributed by atoms with van der Waals surface area (Å²) < 4.78 is 27.0. The predicted octanol–water partition coefficient (Wildman–Crippen LogP) is 2.28. The third-order valence-corrected chi connectivity index (χ3v) is 4.83. The standard InChI is InChI=1S/C14H21NO3S/c1-5-14(11(3)12(4)16)15-19(17,18)13-8-6-10(2)7-9-13/h6-9,11,14-15H,5H2,1-4H3. The number of hydrogen-bond donors (Lipinski definition) is 1. The molecule has 19 heavy (non-hydrogen) atoms. The summed E-state index contributed by atoms with van der Waals surface area (Å²) in [5, 5.41) is 0. The van der Waals surface area contributed by atoms with Crippen molar-refractivity contribution in [3.05, 3.63) is 29.8 Å². The largest absolute Gasteiger partial charge is 0.300 e. The number of aryl methyl sites for hydroxylation is 1. The number of rotatable bonds is 6. The zero-order chi connectivity index (χ0) is 14.6. The smallest absolute Gasteiger partial charge is 0.240 e. The number of carbonyl (C=O) groups excluding carboxylic acids is 1. The quantitative estimate of drug-likeness (QED) is 0.871. The lowest BCUT2D eigenvalue weighted by Gasteiger charge is -2.21. The van der Waals surface area contributed by atoms with E-state index in [0.717, 1.165) is 5.56 Å². The van der Waals surface area contributed by atoms with Crippen molar-refractivity contribution in [3.63, 3.8) is 0 Å². The molecular formula is C14H21NO3S.